The van der Waals surface area contributed by atoms with Gasteiger partial charge >= 0.3 is 0 Å². The van der Waals surface area contributed by atoms with Gasteiger partial charge in [-0.25, -0.2) is 9.97 Å². The van der Waals surface area contributed by atoms with Crippen LogP contribution in [0.4, 0.5) is 5.95 Å². The van der Waals surface area contributed by atoms with Crippen LogP contribution in [0.1, 0.15) is 37.7 Å². The molecular weight excluding hydrogens is 242 g/mol. The fourth-order valence-electron chi connectivity index (χ4n) is 3.06. The average Bonchev–Trinajstić information content (AvgIpc) is 2.40. The lowest BCUT2D eigenvalue weighted by Crippen LogP contribution is -2.48. The molecule has 18 heavy (non-hydrogen) atoms. The molecule has 0 atom stereocenters. The Kier molecular flexibility index (Phi) is 3.46. The predicted molar refractivity (Wildman–Crippen MR) is 77.3 cm³/mol. The van der Waals surface area contributed by atoms with Crippen LogP contribution in [0.3, 0.4) is 0 Å². The number of hydrogen-bond donors (Lipinski definition) is 0. The van der Waals surface area contributed by atoms with Crippen molar-refractivity contribution in [1.29, 1.82) is 0 Å². The average molecular weight is 263 g/mol. The molecule has 0 N–H and O–H groups in total. The molecular formula is C14H21N3S. The molecule has 1 spiro atoms. The largest absolute Gasteiger partial charge is 0.339 e. The Balaban J connectivity index is 1.75. The lowest BCUT2D eigenvalue weighted by Gasteiger charge is -2.44. The van der Waals surface area contributed by atoms with Gasteiger partial charge in [0.2, 0.25) is 5.95 Å². The Morgan fingerprint density at radius 1 is 1.17 bits per heavy atom. The number of thioether (sulfide) groups is 1. The highest BCUT2D eigenvalue weighted by molar-refractivity contribution is 8.00. The van der Waals surface area contributed by atoms with Gasteiger partial charge in [-0.1, -0.05) is 19.3 Å². The highest BCUT2D eigenvalue weighted by Crippen LogP contribution is 2.43. The molecule has 3 nitrogen and oxygen atoms in total. The SMILES string of the molecule is Cc1cnc(N2CCSC3(CCCCC3)C2)nc1. The first-order valence-electron chi connectivity index (χ1n) is 6.95. The smallest absolute Gasteiger partial charge is 0.225 e. The highest BCUT2D eigenvalue weighted by Gasteiger charge is 2.37. The van der Waals surface area contributed by atoms with Crippen LogP contribution in [0.5, 0.6) is 0 Å². The van der Waals surface area contributed by atoms with Crippen molar-refractivity contribution >= 4 is 17.7 Å². The molecule has 2 heterocycles. The van der Waals surface area contributed by atoms with E-state index >= 15 is 0 Å². The third-order valence-corrected chi connectivity index (χ3v) is 5.60. The summed E-state index contributed by atoms with van der Waals surface area (Å²) < 4.78 is 0.491. The maximum absolute atomic E-state index is 4.49. The first-order valence-corrected chi connectivity index (χ1v) is 7.94. The molecule has 1 aromatic heterocycles. The van der Waals surface area contributed by atoms with E-state index in [0.717, 1.165) is 24.6 Å². The van der Waals surface area contributed by atoms with E-state index in [-0.39, 0.29) is 0 Å². The monoisotopic (exact) mass is 263 g/mol. The van der Waals surface area contributed by atoms with Gasteiger partial charge in [-0.2, -0.15) is 11.8 Å². The van der Waals surface area contributed by atoms with Crippen molar-refractivity contribution in [3.05, 3.63) is 18.0 Å². The van der Waals surface area contributed by atoms with E-state index in [4.69, 9.17) is 0 Å². The molecule has 0 aromatic carbocycles. The standard InChI is InChI=1S/C14H21N3S/c1-12-9-15-13(16-10-12)17-7-8-18-14(11-17)5-3-2-4-6-14/h9-10H,2-8,11H2,1H3. The van der Waals surface area contributed by atoms with Gasteiger partial charge in [-0.3, -0.25) is 0 Å². The van der Waals surface area contributed by atoms with Crippen LogP contribution in [-0.4, -0.2) is 33.6 Å². The van der Waals surface area contributed by atoms with Crippen LogP contribution in [-0.2, 0) is 0 Å². The fraction of sp³-hybridized carbons (Fsp3) is 0.714. The van der Waals surface area contributed by atoms with Gasteiger partial charge in [0, 0.05) is 36.0 Å². The number of aromatic nitrogens is 2. The van der Waals surface area contributed by atoms with Crippen molar-refractivity contribution in [3.8, 4) is 0 Å². The molecule has 4 heteroatoms. The molecule has 1 saturated carbocycles. The third kappa shape index (κ3) is 2.48. The van der Waals surface area contributed by atoms with E-state index in [1.807, 2.05) is 19.3 Å². The summed E-state index contributed by atoms with van der Waals surface area (Å²) in [5.41, 5.74) is 1.14. The molecule has 0 radical (unpaired) electrons. The topological polar surface area (TPSA) is 29.0 Å². The van der Waals surface area contributed by atoms with Crippen molar-refractivity contribution in [3.63, 3.8) is 0 Å². The molecule has 2 aliphatic rings. The summed E-state index contributed by atoms with van der Waals surface area (Å²) >= 11 is 2.19. The van der Waals surface area contributed by atoms with Crippen molar-refractivity contribution in [2.75, 3.05) is 23.7 Å². The zero-order valence-electron chi connectivity index (χ0n) is 11.1. The van der Waals surface area contributed by atoms with Gasteiger partial charge < -0.3 is 4.90 Å². The Bertz CT molecular complexity index is 392. The Morgan fingerprint density at radius 3 is 2.61 bits per heavy atom. The van der Waals surface area contributed by atoms with E-state index in [2.05, 4.69) is 26.6 Å². The lowest BCUT2D eigenvalue weighted by atomic mass is 9.87. The minimum Gasteiger partial charge on any atom is -0.339 e. The maximum atomic E-state index is 4.49. The summed E-state index contributed by atoms with van der Waals surface area (Å²) in [6, 6.07) is 0. The summed E-state index contributed by atoms with van der Waals surface area (Å²) in [4.78, 5) is 11.4. The number of nitrogens with zero attached hydrogens (tertiary/aromatic N) is 3. The van der Waals surface area contributed by atoms with Crippen LogP contribution >= 0.6 is 11.8 Å². The van der Waals surface area contributed by atoms with E-state index < -0.39 is 0 Å². The summed E-state index contributed by atoms with van der Waals surface area (Å²) in [6.07, 6.45) is 10.8. The van der Waals surface area contributed by atoms with E-state index in [9.17, 15) is 0 Å². The summed E-state index contributed by atoms with van der Waals surface area (Å²) in [7, 11) is 0. The molecule has 3 rings (SSSR count). The minimum absolute atomic E-state index is 0.491. The second-order valence-corrected chi connectivity index (χ2v) is 7.14. The summed E-state index contributed by atoms with van der Waals surface area (Å²) in [5.74, 6) is 2.14. The second-order valence-electron chi connectivity index (χ2n) is 5.57. The second kappa shape index (κ2) is 5.08. The lowest BCUT2D eigenvalue weighted by molar-refractivity contribution is 0.389. The molecule has 2 fully saturated rings. The molecule has 1 saturated heterocycles. The molecule has 1 aliphatic heterocycles. The molecule has 98 valence electrons. The van der Waals surface area contributed by atoms with E-state index in [1.165, 1.54) is 37.9 Å². The first kappa shape index (κ1) is 12.3. The molecule has 0 amide bonds. The number of anilines is 1. The summed E-state index contributed by atoms with van der Waals surface area (Å²) in [5, 5.41) is 0. The van der Waals surface area contributed by atoms with Crippen LogP contribution in [0, 0.1) is 6.92 Å². The third-order valence-electron chi connectivity index (χ3n) is 4.06. The van der Waals surface area contributed by atoms with Gasteiger partial charge in [-0.05, 0) is 25.3 Å². The van der Waals surface area contributed by atoms with Crippen LogP contribution in [0.2, 0.25) is 0 Å². The van der Waals surface area contributed by atoms with Crippen molar-refractivity contribution in [2.45, 2.75) is 43.8 Å². The quantitative estimate of drug-likeness (QED) is 0.779. The Morgan fingerprint density at radius 2 is 1.89 bits per heavy atom. The van der Waals surface area contributed by atoms with Crippen LogP contribution in [0.25, 0.3) is 0 Å². The van der Waals surface area contributed by atoms with Crippen LogP contribution < -0.4 is 4.90 Å². The maximum Gasteiger partial charge on any atom is 0.225 e. The number of rotatable bonds is 1. The number of hydrogen-bond acceptors (Lipinski definition) is 4. The normalized spacial score (nSPS) is 23.3. The number of aryl methyl sites for hydroxylation is 1. The molecule has 1 aromatic rings. The van der Waals surface area contributed by atoms with Gasteiger partial charge in [0.1, 0.15) is 0 Å². The Labute approximate surface area is 113 Å². The van der Waals surface area contributed by atoms with Gasteiger partial charge in [0.25, 0.3) is 0 Å². The van der Waals surface area contributed by atoms with Gasteiger partial charge in [0.15, 0.2) is 0 Å². The molecule has 0 bridgehead atoms. The van der Waals surface area contributed by atoms with Gasteiger partial charge in [0.05, 0.1) is 0 Å². The zero-order chi connectivity index (χ0) is 12.4. The van der Waals surface area contributed by atoms with Crippen molar-refractivity contribution < 1.29 is 0 Å². The fourth-order valence-corrected chi connectivity index (χ4v) is 4.63. The molecule has 0 unspecified atom stereocenters. The van der Waals surface area contributed by atoms with Crippen LogP contribution in [0.15, 0.2) is 12.4 Å². The zero-order valence-corrected chi connectivity index (χ0v) is 11.9. The van der Waals surface area contributed by atoms with Gasteiger partial charge in [-0.15, -0.1) is 0 Å². The van der Waals surface area contributed by atoms with Crippen molar-refractivity contribution in [2.24, 2.45) is 0 Å². The van der Waals surface area contributed by atoms with Crippen molar-refractivity contribution in [1.82, 2.24) is 9.97 Å². The first-order chi connectivity index (χ1) is 8.77. The Hall–Kier alpha value is -0.770. The molecule has 1 aliphatic carbocycles. The van der Waals surface area contributed by atoms with E-state index in [1.54, 1.807) is 0 Å². The predicted octanol–water partition coefficient (Wildman–Crippen LogP) is 3.04. The highest BCUT2D eigenvalue weighted by atomic mass is 32.2. The summed E-state index contributed by atoms with van der Waals surface area (Å²) in [6.45, 7) is 4.27. The minimum atomic E-state index is 0.491. The van der Waals surface area contributed by atoms with E-state index in [0.29, 0.717) is 4.75 Å².